The number of hydrogen-bond acceptors (Lipinski definition) is 25. The Morgan fingerprint density at radius 2 is 0.829 bits per heavy atom. The van der Waals surface area contributed by atoms with Crippen molar-refractivity contribution in [2.45, 2.75) is 267 Å². The Morgan fingerprint density at radius 1 is 0.439 bits per heavy atom. The molecule has 2 aliphatic rings. The number of rotatable bonds is 57. The van der Waals surface area contributed by atoms with E-state index in [0.717, 1.165) is 4.90 Å². The largest absolute Gasteiger partial charge is 0.508 e. The van der Waals surface area contributed by atoms with Crippen molar-refractivity contribution < 1.29 is 136 Å². The van der Waals surface area contributed by atoms with E-state index < -0.39 is 311 Å². The van der Waals surface area contributed by atoms with Crippen molar-refractivity contribution in [1.82, 2.24) is 73.6 Å². The van der Waals surface area contributed by atoms with Gasteiger partial charge in [-0.1, -0.05) is 66.5 Å². The number of benzene rings is 1. The number of carbonyl (C=O) groups is 21. The fraction of sp³-hybridized carbons (Fsp3) is 0.649. The molecule has 123 heavy (non-hydrogen) atoms. The quantitative estimate of drug-likeness (QED) is 0.0270. The second-order valence-corrected chi connectivity index (χ2v) is 30.8. The molecule has 0 aromatic heterocycles. The van der Waals surface area contributed by atoms with Gasteiger partial charge in [-0.15, -0.1) is 0 Å². The fourth-order valence-electron chi connectivity index (χ4n) is 13.3. The van der Waals surface area contributed by atoms with E-state index >= 15 is 0 Å². The van der Waals surface area contributed by atoms with Crippen LogP contribution in [0, 0.1) is 17.8 Å². The predicted molar refractivity (Wildman–Crippen MR) is 429 cm³/mol. The maximum absolute atomic E-state index is 14.5. The van der Waals surface area contributed by atoms with Crippen LogP contribution in [0.5, 0.6) is 5.75 Å². The number of aromatic hydroxyl groups is 1. The third kappa shape index (κ3) is 36.5. The zero-order valence-electron chi connectivity index (χ0n) is 69.6. The minimum absolute atomic E-state index is 0.0173. The van der Waals surface area contributed by atoms with Gasteiger partial charge in [-0.05, 0) is 125 Å². The molecule has 2 aliphatic heterocycles. The summed E-state index contributed by atoms with van der Waals surface area (Å²) in [6, 6.07) is -17.7. The van der Waals surface area contributed by atoms with E-state index in [1.807, 2.05) is 13.8 Å². The van der Waals surface area contributed by atoms with Crippen molar-refractivity contribution in [1.29, 1.82) is 0 Å². The van der Waals surface area contributed by atoms with E-state index in [-0.39, 0.29) is 75.4 Å². The number of unbranched alkanes of at least 4 members (excludes halogenated alkanes) is 1. The van der Waals surface area contributed by atoms with Crippen LogP contribution in [0.25, 0.3) is 0 Å². The third-order valence-electron chi connectivity index (χ3n) is 20.6. The van der Waals surface area contributed by atoms with Crippen LogP contribution in [0.2, 0.25) is 0 Å². The molecule has 2 fully saturated rings. The molecular formula is C77H120N18O28. The summed E-state index contributed by atoms with van der Waals surface area (Å²) in [5.41, 5.74) is 22.7. The number of hydrogen-bond donors (Lipinski definition) is 23. The Morgan fingerprint density at radius 3 is 1.27 bits per heavy atom. The first-order valence-electron chi connectivity index (χ1n) is 40.6. The second-order valence-electron chi connectivity index (χ2n) is 30.8. The number of nitrogens with two attached hydrogens (primary N) is 4. The normalized spacial score (nSPS) is 17.0. The van der Waals surface area contributed by atoms with Crippen LogP contribution in [0.1, 0.15) is 182 Å². The molecule has 3 rings (SSSR count). The lowest BCUT2D eigenvalue weighted by Crippen LogP contribution is -2.62. The smallest absolute Gasteiger partial charge is 0.326 e. The van der Waals surface area contributed by atoms with E-state index in [1.54, 1.807) is 13.8 Å². The summed E-state index contributed by atoms with van der Waals surface area (Å²) in [4.78, 5) is 283. The maximum Gasteiger partial charge on any atom is 0.326 e. The molecule has 46 heteroatoms. The first kappa shape index (κ1) is 105. The number of aliphatic hydroxyl groups is 1. The summed E-state index contributed by atoms with van der Waals surface area (Å²) >= 11 is 0. The summed E-state index contributed by atoms with van der Waals surface area (Å²) < 4.78 is 0. The number of nitrogens with zero attached hydrogens (tertiary/aromatic N) is 2. The van der Waals surface area contributed by atoms with E-state index in [9.17, 15) is 136 Å². The zero-order valence-corrected chi connectivity index (χ0v) is 69.6. The van der Waals surface area contributed by atoms with Gasteiger partial charge in [0.25, 0.3) is 0 Å². The number of carboxylic acid groups (broad SMARTS) is 5. The summed E-state index contributed by atoms with van der Waals surface area (Å²) in [6.45, 7) is 7.72. The van der Waals surface area contributed by atoms with Crippen LogP contribution < -0.4 is 86.7 Å². The van der Waals surface area contributed by atoms with E-state index in [2.05, 4.69) is 63.8 Å². The Kier molecular flexibility index (Phi) is 45.1. The molecule has 0 saturated carbocycles. The summed E-state index contributed by atoms with van der Waals surface area (Å²) in [6.07, 6.45) is -6.47. The number of primary amides is 2. The Balaban J connectivity index is 1.88. The molecule has 1 aromatic carbocycles. The van der Waals surface area contributed by atoms with E-state index in [0.29, 0.717) is 25.7 Å². The summed E-state index contributed by atoms with van der Waals surface area (Å²) in [5.74, 6) is -26.7. The highest BCUT2D eigenvalue weighted by Crippen LogP contribution is 2.24. The summed E-state index contributed by atoms with van der Waals surface area (Å²) in [5, 5.41) is 97.5. The molecule has 2 saturated heterocycles. The first-order valence-corrected chi connectivity index (χ1v) is 40.6. The van der Waals surface area contributed by atoms with Crippen LogP contribution in [0.3, 0.4) is 0 Å². The van der Waals surface area contributed by atoms with Gasteiger partial charge in [-0.2, -0.15) is 0 Å². The van der Waals surface area contributed by atoms with Gasteiger partial charge in [0.1, 0.15) is 84.3 Å². The van der Waals surface area contributed by atoms with Crippen molar-refractivity contribution in [3.8, 4) is 5.75 Å². The average molecular weight is 1750 g/mol. The number of nitrogens with one attached hydrogen (secondary N) is 12. The molecule has 46 nitrogen and oxygen atoms in total. The molecule has 16 atom stereocenters. The van der Waals surface area contributed by atoms with Gasteiger partial charge in [0.2, 0.25) is 94.5 Å². The van der Waals surface area contributed by atoms with Gasteiger partial charge in [-0.3, -0.25) is 95.9 Å². The highest BCUT2D eigenvalue weighted by Gasteiger charge is 2.44. The van der Waals surface area contributed by atoms with Crippen molar-refractivity contribution in [3.05, 3.63) is 29.8 Å². The third-order valence-corrected chi connectivity index (χ3v) is 20.6. The van der Waals surface area contributed by atoms with E-state index in [4.69, 9.17) is 22.9 Å². The minimum atomic E-state index is -2.15. The molecule has 0 unspecified atom stereocenters. The highest BCUT2D eigenvalue weighted by molar-refractivity contribution is 6.01. The summed E-state index contributed by atoms with van der Waals surface area (Å²) in [7, 11) is 0. The predicted octanol–water partition coefficient (Wildman–Crippen LogP) is -6.36. The molecule has 27 N–H and O–H groups in total. The van der Waals surface area contributed by atoms with Crippen molar-refractivity contribution in [3.63, 3.8) is 0 Å². The monoisotopic (exact) mass is 1740 g/mol. The fourth-order valence-corrected chi connectivity index (χ4v) is 13.3. The lowest BCUT2D eigenvalue weighted by Gasteiger charge is -2.30. The Hall–Kier alpha value is -12.2. The lowest BCUT2D eigenvalue weighted by molar-refractivity contribution is -0.145. The molecule has 2 heterocycles. The highest BCUT2D eigenvalue weighted by atomic mass is 16.4. The van der Waals surface area contributed by atoms with Gasteiger partial charge in [0.05, 0.1) is 25.6 Å². The molecule has 686 valence electrons. The topological polar surface area (TPSA) is 755 Å². The van der Waals surface area contributed by atoms with Crippen molar-refractivity contribution in [2.75, 3.05) is 32.8 Å². The van der Waals surface area contributed by atoms with Crippen molar-refractivity contribution in [2.24, 2.45) is 40.7 Å². The maximum atomic E-state index is 14.5. The van der Waals surface area contributed by atoms with Crippen LogP contribution in [0.4, 0.5) is 0 Å². The van der Waals surface area contributed by atoms with Crippen LogP contribution >= 0.6 is 0 Å². The van der Waals surface area contributed by atoms with Crippen LogP contribution in [-0.4, -0.2) is 287 Å². The van der Waals surface area contributed by atoms with Gasteiger partial charge in [-0.25, -0.2) is 4.79 Å². The molecule has 1 aromatic rings. The Labute approximate surface area is 708 Å². The van der Waals surface area contributed by atoms with Crippen LogP contribution in [-0.2, 0) is 107 Å². The second kappa shape index (κ2) is 52.8. The SMILES string of the molecule is CC[C@H](C)[C@H](NC(=O)[C@H](CO)NC(=O)[C@@H](NC(=O)[C@H](CCC(=O)O)NC(=O)[C@H](CC(=O)O)NC(=O)[C@@H]1CCCN1C(=O)[C@H](CCC(=O)O)NC(=O)CNC(=O)[C@H](CCC(N)=O)NC(=O)[C@H](Cc1ccc(O)cc1)NC(=O)[C@H](CCC(=O)O)NC(=O)[C@@H]1CCCN1C(=O)[C@@H](N)CC(C)C)[C@@H](C)CC)C(=O)N[C@@H](CCC(N)=O)C(=O)N[C@@H](CCCCN)C(=O)O. The van der Waals surface area contributed by atoms with Gasteiger partial charge in [0, 0.05) is 51.6 Å². The number of phenols is 1. The zero-order chi connectivity index (χ0) is 92.7. The van der Waals surface area contributed by atoms with Crippen LogP contribution in [0.15, 0.2) is 24.3 Å². The van der Waals surface area contributed by atoms with Crippen molar-refractivity contribution >= 4 is 124 Å². The lowest BCUT2D eigenvalue weighted by atomic mass is 9.96. The first-order chi connectivity index (χ1) is 57.9. The van der Waals surface area contributed by atoms with Gasteiger partial charge >= 0.3 is 29.8 Å². The van der Waals surface area contributed by atoms with Gasteiger partial charge in [0.15, 0.2) is 0 Å². The van der Waals surface area contributed by atoms with Gasteiger partial charge < -0.3 is 132 Å². The molecular weight excluding hydrogens is 1620 g/mol. The number of amides is 16. The molecule has 0 radical (unpaired) electrons. The molecule has 0 bridgehead atoms. The van der Waals surface area contributed by atoms with E-state index in [1.165, 1.54) is 43.0 Å². The average Bonchev–Trinajstić information content (AvgIpc) is 1.70. The standard InChI is InChI=1S/C77H120N18O28/c1-7-39(5)62(73(118)87-45(21-26-56(81)99)65(110)88-49(77(122)123)13-9-10-30-78)93-70(115)52(37-96)91-74(119)63(40(6)8-2)92-67(112)47(23-28-59(103)104)85-69(114)51(35-61(107)108)90-72(117)54-15-12-32-95(54)76(121)48(24-29-60(105)106)83-57(100)36-82-64(109)44(20-25-55(80)98)84-68(113)50(34-41-16-18-42(97)19-17-41)89-66(111)46(22-27-58(101)102)86-71(116)53-14-11-31-94(53)75(120)43(79)33-38(3)4/h16-19,38-40,43-54,62-63,96-97H,7-15,20-37,78-79H2,1-6H3,(H2,80,98)(H2,81,99)(H,82,109)(H,83,100)(H,84,113)(H,85,114)(H,86,116)(H,87,118)(H,88,110)(H,89,111)(H,90,117)(H,91,119)(H,92,112)(H,93,115)(H,101,102)(H,103,104)(H,105,106)(H,107,108)(H,122,123)/t39-,40-,43-,44-,45-,46-,47-,48-,49-,50-,51-,52-,53-,54-,62-,63-/m0/s1. The number of phenolic OH excluding ortho intramolecular Hbond substituents is 1. The molecule has 16 amide bonds. The molecule has 0 spiro atoms. The number of aliphatic carboxylic acids is 5. The number of carbonyl (C=O) groups excluding carboxylic acids is 16. The minimum Gasteiger partial charge on any atom is -0.508 e. The number of carboxylic acids is 5. The number of aliphatic hydroxyl groups excluding tert-OH is 1. The number of likely N-dealkylation sites (tertiary alicyclic amines) is 2. The molecule has 0 aliphatic carbocycles. The Bertz CT molecular complexity index is 3910.